The Balaban J connectivity index is 1.76. The highest BCUT2D eigenvalue weighted by molar-refractivity contribution is 7.17. The molecule has 1 aliphatic rings. The number of anilines is 1. The molecule has 8 heteroatoms. The van der Waals surface area contributed by atoms with Crippen LogP contribution in [0.15, 0.2) is 22.8 Å². The third-order valence-electron chi connectivity index (χ3n) is 5.22. The summed E-state index contributed by atoms with van der Waals surface area (Å²) in [6.07, 6.45) is 5.75. The topological polar surface area (TPSA) is 109 Å². The Morgan fingerprint density at radius 2 is 2.14 bits per heavy atom. The first-order valence-electron chi connectivity index (χ1n) is 9.94. The fourth-order valence-corrected chi connectivity index (χ4v) is 4.96. The van der Waals surface area contributed by atoms with Crippen molar-refractivity contribution in [2.24, 2.45) is 5.92 Å². The number of furan rings is 1. The molecule has 1 atom stereocenters. The predicted molar refractivity (Wildman–Crippen MR) is 110 cm³/mol. The molecule has 0 spiro atoms. The molecule has 2 amide bonds. The monoisotopic (exact) mass is 418 g/mol. The van der Waals surface area contributed by atoms with Crippen molar-refractivity contribution in [2.75, 3.05) is 5.32 Å². The molecule has 156 valence electrons. The molecule has 29 heavy (non-hydrogen) atoms. The van der Waals surface area contributed by atoms with Gasteiger partial charge < -0.3 is 20.2 Å². The summed E-state index contributed by atoms with van der Waals surface area (Å²) in [5.74, 6) is -0.160. The maximum Gasteiger partial charge on any atom is 0.303 e. The Kier molecular flexibility index (Phi) is 7.09. The van der Waals surface area contributed by atoms with E-state index in [1.54, 1.807) is 18.4 Å². The molecular weight excluding hydrogens is 392 g/mol. The first kappa shape index (κ1) is 21.1. The third kappa shape index (κ3) is 5.47. The number of hydrogen-bond donors (Lipinski definition) is 3. The fourth-order valence-electron chi connectivity index (χ4n) is 3.59. The summed E-state index contributed by atoms with van der Waals surface area (Å²) in [6.45, 7) is 2.45. The van der Waals surface area contributed by atoms with Gasteiger partial charge in [-0.2, -0.15) is 0 Å². The van der Waals surface area contributed by atoms with Crippen molar-refractivity contribution in [2.45, 2.75) is 58.4 Å². The maximum absolute atomic E-state index is 13.0. The summed E-state index contributed by atoms with van der Waals surface area (Å²) in [5.41, 5.74) is 1.56. The normalized spacial score (nSPS) is 15.6. The number of carbonyl (C=O) groups excluding carboxylic acids is 2. The van der Waals surface area contributed by atoms with Crippen LogP contribution in [0.3, 0.4) is 0 Å². The molecule has 0 bridgehead atoms. The van der Waals surface area contributed by atoms with E-state index in [1.807, 2.05) is 0 Å². The summed E-state index contributed by atoms with van der Waals surface area (Å²) < 4.78 is 5.27. The van der Waals surface area contributed by atoms with Crippen LogP contribution >= 0.6 is 11.3 Å². The van der Waals surface area contributed by atoms with Gasteiger partial charge in [-0.15, -0.1) is 11.3 Å². The quantitative estimate of drug-likeness (QED) is 0.571. The second-order valence-electron chi connectivity index (χ2n) is 7.28. The van der Waals surface area contributed by atoms with E-state index < -0.39 is 5.97 Å². The van der Waals surface area contributed by atoms with Crippen molar-refractivity contribution in [3.63, 3.8) is 0 Å². The van der Waals surface area contributed by atoms with E-state index in [9.17, 15) is 14.4 Å². The molecule has 3 rings (SSSR count). The predicted octanol–water partition coefficient (Wildman–Crippen LogP) is 3.98. The lowest BCUT2D eigenvalue weighted by molar-refractivity contribution is -0.137. The van der Waals surface area contributed by atoms with E-state index in [1.165, 1.54) is 11.3 Å². The van der Waals surface area contributed by atoms with Crippen LogP contribution in [0, 0.1) is 5.92 Å². The second-order valence-corrected chi connectivity index (χ2v) is 8.39. The Hall–Kier alpha value is -2.61. The van der Waals surface area contributed by atoms with Gasteiger partial charge in [-0.25, -0.2) is 0 Å². The van der Waals surface area contributed by atoms with Crippen LogP contribution < -0.4 is 10.6 Å². The van der Waals surface area contributed by atoms with Crippen molar-refractivity contribution in [3.8, 4) is 0 Å². The maximum atomic E-state index is 13.0. The average Bonchev–Trinajstić information content (AvgIpc) is 3.32. The number of rotatable bonds is 9. The molecule has 2 heterocycles. The SMILES string of the molecule is CC[C@@H]1CCc2c(sc(NC(=O)CCCC(=O)O)c2C(=O)NCc2ccco2)C1. The van der Waals surface area contributed by atoms with Gasteiger partial charge in [-0.3, -0.25) is 14.4 Å². The minimum Gasteiger partial charge on any atom is -0.481 e. The number of carboxylic acid groups (broad SMARTS) is 1. The number of nitrogens with one attached hydrogen (secondary N) is 2. The Bertz CT molecular complexity index is 872. The van der Waals surface area contributed by atoms with E-state index >= 15 is 0 Å². The number of thiophene rings is 1. The van der Waals surface area contributed by atoms with Crippen LogP contribution in [0.4, 0.5) is 5.00 Å². The van der Waals surface area contributed by atoms with E-state index in [2.05, 4.69) is 17.6 Å². The van der Waals surface area contributed by atoms with Gasteiger partial charge in [0.25, 0.3) is 5.91 Å². The van der Waals surface area contributed by atoms with Gasteiger partial charge >= 0.3 is 5.97 Å². The zero-order valence-corrected chi connectivity index (χ0v) is 17.3. The summed E-state index contributed by atoms with van der Waals surface area (Å²) in [4.78, 5) is 37.1. The van der Waals surface area contributed by atoms with Crippen LogP contribution in [0.25, 0.3) is 0 Å². The number of aliphatic carboxylic acids is 1. The standard InChI is InChI=1S/C21H26N2O5S/c1-2-13-8-9-15-16(11-13)29-21(23-17(24)6-3-7-18(25)26)19(15)20(27)22-12-14-5-4-10-28-14/h4-5,10,13H,2-3,6-9,11-12H2,1H3,(H,22,27)(H,23,24)(H,25,26)/t13-/m1/s1. The summed E-state index contributed by atoms with van der Waals surface area (Å²) in [5, 5.41) is 15.0. The van der Waals surface area contributed by atoms with Crippen LogP contribution in [-0.4, -0.2) is 22.9 Å². The molecule has 2 aromatic heterocycles. The van der Waals surface area contributed by atoms with Crippen molar-refractivity contribution in [1.82, 2.24) is 5.32 Å². The molecule has 3 N–H and O–H groups in total. The lowest BCUT2D eigenvalue weighted by Crippen LogP contribution is -2.25. The number of carboxylic acids is 1. The highest BCUT2D eigenvalue weighted by Crippen LogP contribution is 2.40. The van der Waals surface area contributed by atoms with Crippen molar-refractivity contribution >= 4 is 34.1 Å². The van der Waals surface area contributed by atoms with Crippen LogP contribution in [0.2, 0.25) is 0 Å². The van der Waals surface area contributed by atoms with E-state index in [0.29, 0.717) is 22.2 Å². The van der Waals surface area contributed by atoms with Crippen LogP contribution in [-0.2, 0) is 29.0 Å². The van der Waals surface area contributed by atoms with Gasteiger partial charge in [-0.1, -0.05) is 13.3 Å². The van der Waals surface area contributed by atoms with Gasteiger partial charge in [0.15, 0.2) is 0 Å². The number of amides is 2. The molecule has 0 aromatic carbocycles. The molecule has 0 aliphatic heterocycles. The molecule has 0 fully saturated rings. The Morgan fingerprint density at radius 3 is 2.83 bits per heavy atom. The third-order valence-corrected chi connectivity index (χ3v) is 6.39. The Morgan fingerprint density at radius 1 is 1.31 bits per heavy atom. The highest BCUT2D eigenvalue weighted by Gasteiger charge is 2.29. The molecule has 0 saturated carbocycles. The fraction of sp³-hybridized carbons (Fsp3) is 0.476. The molecule has 0 saturated heterocycles. The van der Waals surface area contributed by atoms with Crippen molar-refractivity contribution < 1.29 is 23.9 Å². The lowest BCUT2D eigenvalue weighted by atomic mass is 9.85. The summed E-state index contributed by atoms with van der Waals surface area (Å²) in [7, 11) is 0. The van der Waals surface area contributed by atoms with Gasteiger partial charge in [0.1, 0.15) is 10.8 Å². The molecule has 7 nitrogen and oxygen atoms in total. The van der Waals surface area contributed by atoms with Gasteiger partial charge in [-0.05, 0) is 49.3 Å². The molecular formula is C21H26N2O5S. The van der Waals surface area contributed by atoms with Crippen molar-refractivity contribution in [3.05, 3.63) is 40.2 Å². The zero-order valence-electron chi connectivity index (χ0n) is 16.5. The van der Waals surface area contributed by atoms with Crippen LogP contribution in [0.1, 0.15) is 65.6 Å². The van der Waals surface area contributed by atoms with Gasteiger partial charge in [0.2, 0.25) is 5.91 Å². The number of hydrogen-bond acceptors (Lipinski definition) is 5. The minimum absolute atomic E-state index is 0.0525. The van der Waals surface area contributed by atoms with Crippen LogP contribution in [0.5, 0.6) is 0 Å². The van der Waals surface area contributed by atoms with E-state index in [-0.39, 0.29) is 37.6 Å². The molecule has 1 aliphatic carbocycles. The van der Waals surface area contributed by atoms with E-state index in [0.717, 1.165) is 36.1 Å². The largest absolute Gasteiger partial charge is 0.481 e. The number of fused-ring (bicyclic) bond motifs is 1. The summed E-state index contributed by atoms with van der Waals surface area (Å²) in [6, 6.07) is 3.56. The lowest BCUT2D eigenvalue weighted by Gasteiger charge is -2.21. The first-order valence-corrected chi connectivity index (χ1v) is 10.8. The van der Waals surface area contributed by atoms with Crippen molar-refractivity contribution in [1.29, 1.82) is 0 Å². The second kappa shape index (κ2) is 9.73. The zero-order chi connectivity index (χ0) is 20.8. The average molecular weight is 419 g/mol. The van der Waals surface area contributed by atoms with E-state index in [4.69, 9.17) is 9.52 Å². The number of carbonyl (C=O) groups is 3. The van der Waals surface area contributed by atoms with Gasteiger partial charge in [0, 0.05) is 17.7 Å². The highest BCUT2D eigenvalue weighted by atomic mass is 32.1. The summed E-state index contributed by atoms with van der Waals surface area (Å²) >= 11 is 1.47. The molecule has 0 radical (unpaired) electrons. The molecule has 0 unspecified atom stereocenters. The minimum atomic E-state index is -0.923. The van der Waals surface area contributed by atoms with Gasteiger partial charge in [0.05, 0.1) is 18.4 Å². The molecule has 2 aromatic rings. The Labute approximate surface area is 173 Å². The smallest absolute Gasteiger partial charge is 0.303 e. The first-order chi connectivity index (χ1) is 14.0.